The van der Waals surface area contributed by atoms with Crippen molar-refractivity contribution in [2.24, 2.45) is 0 Å². The van der Waals surface area contributed by atoms with Crippen molar-refractivity contribution in [3.05, 3.63) is 51.8 Å². The van der Waals surface area contributed by atoms with Crippen LogP contribution in [0.5, 0.6) is 0 Å². The highest BCUT2D eigenvalue weighted by molar-refractivity contribution is 5.34. The number of H-pyrrole nitrogens is 1. The average Bonchev–Trinajstić information content (AvgIpc) is 2.36. The molecule has 0 radical (unpaired) electrons. The second-order valence-electron chi connectivity index (χ2n) is 4.79. The maximum atomic E-state index is 11.5. The van der Waals surface area contributed by atoms with Crippen LogP contribution >= 0.6 is 0 Å². The number of hydrogen-bond acceptors (Lipinski definition) is 4. The molecule has 100 valence electrons. The summed E-state index contributed by atoms with van der Waals surface area (Å²) in [6, 6.07) is 7.31. The van der Waals surface area contributed by atoms with Gasteiger partial charge in [-0.2, -0.15) is 0 Å². The summed E-state index contributed by atoms with van der Waals surface area (Å²) in [5.41, 5.74) is 1.76. The van der Waals surface area contributed by atoms with E-state index >= 15 is 0 Å². The van der Waals surface area contributed by atoms with Crippen LogP contribution in [0.4, 0.5) is 5.82 Å². The van der Waals surface area contributed by atoms with Crippen LogP contribution < -0.4 is 10.9 Å². The summed E-state index contributed by atoms with van der Waals surface area (Å²) in [5, 5.41) is 3.13. The van der Waals surface area contributed by atoms with Crippen LogP contribution in [0.1, 0.15) is 37.0 Å². The molecule has 0 saturated heterocycles. The molecule has 2 heterocycles. The van der Waals surface area contributed by atoms with E-state index in [1.54, 1.807) is 0 Å². The van der Waals surface area contributed by atoms with Gasteiger partial charge < -0.3 is 10.3 Å². The van der Waals surface area contributed by atoms with Crippen molar-refractivity contribution in [2.45, 2.75) is 33.2 Å². The molecule has 0 saturated carbocycles. The molecule has 0 aliphatic heterocycles. The molecule has 0 spiro atoms. The Balaban J connectivity index is 2.13. The molecule has 5 heteroatoms. The Morgan fingerprint density at radius 3 is 2.79 bits per heavy atom. The van der Waals surface area contributed by atoms with Crippen LogP contribution in [-0.4, -0.2) is 15.0 Å². The van der Waals surface area contributed by atoms with E-state index in [1.807, 2.05) is 39.0 Å². The lowest BCUT2D eigenvalue weighted by Gasteiger charge is -2.09. The van der Waals surface area contributed by atoms with E-state index in [4.69, 9.17) is 0 Å². The molecule has 0 bridgehead atoms. The molecule has 0 fully saturated rings. The van der Waals surface area contributed by atoms with E-state index < -0.39 is 0 Å². The smallest absolute Gasteiger partial charge is 0.252 e. The number of pyridine rings is 1. The molecule has 2 N–H and O–H groups in total. The number of nitrogens with zero attached hydrogens (tertiary/aromatic N) is 2. The summed E-state index contributed by atoms with van der Waals surface area (Å²) in [5.74, 6) is 1.45. The summed E-state index contributed by atoms with van der Waals surface area (Å²) in [4.78, 5) is 23.0. The second kappa shape index (κ2) is 5.65. The SMILES string of the molecule is Cc1cccc(CNc2cc(=O)[nH]c(C(C)C)n2)n1. The molecule has 0 amide bonds. The Morgan fingerprint density at radius 1 is 1.32 bits per heavy atom. The first-order chi connectivity index (χ1) is 9.04. The zero-order valence-corrected chi connectivity index (χ0v) is 11.4. The lowest BCUT2D eigenvalue weighted by atomic mass is 10.2. The molecule has 0 aliphatic carbocycles. The monoisotopic (exact) mass is 258 g/mol. The van der Waals surface area contributed by atoms with E-state index in [0.717, 1.165) is 11.4 Å². The topological polar surface area (TPSA) is 70.7 Å². The van der Waals surface area contributed by atoms with Gasteiger partial charge in [0.2, 0.25) is 0 Å². The van der Waals surface area contributed by atoms with Crippen molar-refractivity contribution in [3.63, 3.8) is 0 Å². The summed E-state index contributed by atoms with van der Waals surface area (Å²) < 4.78 is 0. The zero-order chi connectivity index (χ0) is 13.8. The van der Waals surface area contributed by atoms with Gasteiger partial charge in [-0.05, 0) is 19.1 Å². The van der Waals surface area contributed by atoms with Gasteiger partial charge in [-0.25, -0.2) is 4.98 Å². The van der Waals surface area contributed by atoms with Gasteiger partial charge in [0.15, 0.2) is 0 Å². The predicted molar refractivity (Wildman–Crippen MR) is 75.2 cm³/mol. The lowest BCUT2D eigenvalue weighted by Crippen LogP contribution is -2.14. The third kappa shape index (κ3) is 3.64. The Morgan fingerprint density at radius 2 is 2.11 bits per heavy atom. The number of rotatable bonds is 4. The van der Waals surface area contributed by atoms with E-state index in [2.05, 4.69) is 20.3 Å². The Kier molecular flexibility index (Phi) is 3.94. The van der Waals surface area contributed by atoms with Gasteiger partial charge in [-0.15, -0.1) is 0 Å². The summed E-state index contributed by atoms with van der Waals surface area (Å²) >= 11 is 0. The molecular formula is C14H18N4O. The van der Waals surface area contributed by atoms with Gasteiger partial charge >= 0.3 is 0 Å². The van der Waals surface area contributed by atoms with Gasteiger partial charge in [-0.1, -0.05) is 19.9 Å². The van der Waals surface area contributed by atoms with Crippen LogP contribution in [0, 0.1) is 6.92 Å². The summed E-state index contributed by atoms with van der Waals surface area (Å²) in [7, 11) is 0. The summed E-state index contributed by atoms with van der Waals surface area (Å²) in [6.45, 7) is 6.48. The van der Waals surface area contributed by atoms with E-state index in [9.17, 15) is 4.79 Å². The Bertz CT molecular complexity index is 619. The Hall–Kier alpha value is -2.17. The number of hydrogen-bond donors (Lipinski definition) is 2. The molecule has 2 rings (SSSR count). The van der Waals surface area contributed by atoms with Crippen LogP contribution in [0.25, 0.3) is 0 Å². The molecule has 2 aromatic rings. The normalized spacial score (nSPS) is 10.7. The lowest BCUT2D eigenvalue weighted by molar-refractivity contribution is 0.766. The minimum atomic E-state index is -0.140. The van der Waals surface area contributed by atoms with Crippen LogP contribution in [0.15, 0.2) is 29.1 Å². The fraction of sp³-hybridized carbons (Fsp3) is 0.357. The minimum Gasteiger partial charge on any atom is -0.364 e. The fourth-order valence-electron chi connectivity index (χ4n) is 1.72. The first-order valence-electron chi connectivity index (χ1n) is 6.32. The van der Waals surface area contributed by atoms with E-state index in [1.165, 1.54) is 6.07 Å². The highest BCUT2D eigenvalue weighted by Gasteiger charge is 2.05. The first-order valence-corrected chi connectivity index (χ1v) is 6.32. The van der Waals surface area contributed by atoms with Crippen LogP contribution in [0.2, 0.25) is 0 Å². The van der Waals surface area contributed by atoms with E-state index in [-0.39, 0.29) is 11.5 Å². The molecule has 0 atom stereocenters. The minimum absolute atomic E-state index is 0.140. The van der Waals surface area contributed by atoms with Gasteiger partial charge in [0, 0.05) is 17.7 Å². The predicted octanol–water partition coefficient (Wildman–Crippen LogP) is 2.21. The summed E-state index contributed by atoms with van der Waals surface area (Å²) in [6.07, 6.45) is 0. The van der Waals surface area contributed by atoms with Gasteiger partial charge in [-0.3, -0.25) is 9.78 Å². The average molecular weight is 258 g/mol. The van der Waals surface area contributed by atoms with Gasteiger partial charge in [0.05, 0.1) is 12.2 Å². The van der Waals surface area contributed by atoms with Crippen LogP contribution in [0.3, 0.4) is 0 Å². The third-order valence-corrected chi connectivity index (χ3v) is 2.70. The largest absolute Gasteiger partial charge is 0.364 e. The number of nitrogens with one attached hydrogen (secondary N) is 2. The quantitative estimate of drug-likeness (QED) is 0.882. The number of anilines is 1. The molecular weight excluding hydrogens is 240 g/mol. The zero-order valence-electron chi connectivity index (χ0n) is 11.4. The maximum absolute atomic E-state index is 11.5. The number of aryl methyl sites for hydroxylation is 1. The van der Waals surface area contributed by atoms with Crippen molar-refractivity contribution in [3.8, 4) is 0 Å². The maximum Gasteiger partial charge on any atom is 0.252 e. The molecule has 5 nitrogen and oxygen atoms in total. The standard InChI is InChI=1S/C14H18N4O/c1-9(2)14-17-12(7-13(19)18-14)15-8-11-6-4-5-10(3)16-11/h4-7,9H,8H2,1-3H3,(H2,15,17,18,19). The van der Waals surface area contributed by atoms with Crippen molar-refractivity contribution >= 4 is 5.82 Å². The van der Waals surface area contributed by atoms with Crippen molar-refractivity contribution in [2.75, 3.05) is 5.32 Å². The first kappa shape index (κ1) is 13.3. The van der Waals surface area contributed by atoms with Crippen molar-refractivity contribution in [1.82, 2.24) is 15.0 Å². The third-order valence-electron chi connectivity index (χ3n) is 2.70. The molecule has 0 aliphatic rings. The van der Waals surface area contributed by atoms with Crippen molar-refractivity contribution in [1.29, 1.82) is 0 Å². The second-order valence-corrected chi connectivity index (χ2v) is 4.79. The molecule has 0 unspecified atom stereocenters. The van der Waals surface area contributed by atoms with Crippen LogP contribution in [-0.2, 0) is 6.54 Å². The number of aromatic nitrogens is 3. The number of aromatic amines is 1. The van der Waals surface area contributed by atoms with Gasteiger partial charge in [0.25, 0.3) is 5.56 Å². The molecule has 2 aromatic heterocycles. The van der Waals surface area contributed by atoms with Gasteiger partial charge in [0.1, 0.15) is 11.6 Å². The Labute approximate surface area is 112 Å². The molecule has 19 heavy (non-hydrogen) atoms. The highest BCUT2D eigenvalue weighted by Crippen LogP contribution is 2.09. The highest BCUT2D eigenvalue weighted by atomic mass is 16.1. The fourth-order valence-corrected chi connectivity index (χ4v) is 1.72. The molecule has 0 aromatic carbocycles. The van der Waals surface area contributed by atoms with E-state index in [0.29, 0.717) is 18.2 Å². The van der Waals surface area contributed by atoms with Crippen molar-refractivity contribution < 1.29 is 0 Å².